The van der Waals surface area contributed by atoms with Gasteiger partial charge in [-0.25, -0.2) is 4.99 Å². The number of benzene rings is 1. The van der Waals surface area contributed by atoms with Gasteiger partial charge in [-0.3, -0.25) is 9.69 Å². The van der Waals surface area contributed by atoms with Gasteiger partial charge in [0.05, 0.1) is 35.2 Å². The molecule has 0 spiro atoms. The van der Waals surface area contributed by atoms with Gasteiger partial charge in [-0.05, 0) is 49.3 Å². The fraction of sp³-hybridized carbons (Fsp3) is 0.370. The zero-order chi connectivity index (χ0) is 23.8. The maximum atomic E-state index is 13.4. The number of hydrogen-bond acceptors (Lipinski definition) is 8. The largest absolute Gasteiger partial charge is 0.497 e. The summed E-state index contributed by atoms with van der Waals surface area (Å²) in [5, 5.41) is 12.7. The lowest BCUT2D eigenvalue weighted by atomic mass is 9.75. The summed E-state index contributed by atoms with van der Waals surface area (Å²) in [7, 11) is 1.63. The molecule has 0 amide bonds. The molecule has 1 aromatic carbocycles. The highest BCUT2D eigenvalue weighted by Crippen LogP contribution is 2.57. The Kier molecular flexibility index (Phi) is 4.43. The average Bonchev–Trinajstić information content (AvgIpc) is 3.32. The first kappa shape index (κ1) is 20.8. The van der Waals surface area contributed by atoms with Crippen molar-refractivity contribution in [3.05, 3.63) is 63.6 Å². The Balaban J connectivity index is 1.48. The van der Waals surface area contributed by atoms with Crippen molar-refractivity contribution in [3.8, 4) is 11.8 Å². The van der Waals surface area contributed by atoms with E-state index in [-0.39, 0.29) is 5.78 Å². The summed E-state index contributed by atoms with van der Waals surface area (Å²) in [4.78, 5) is 22.9. The van der Waals surface area contributed by atoms with E-state index in [0.29, 0.717) is 29.6 Å². The van der Waals surface area contributed by atoms with Crippen LogP contribution >= 0.6 is 11.3 Å². The molecule has 0 radical (unpaired) electrons. The van der Waals surface area contributed by atoms with Crippen LogP contribution in [0.25, 0.3) is 0 Å². The van der Waals surface area contributed by atoms with E-state index in [4.69, 9.17) is 15.5 Å². The first-order chi connectivity index (χ1) is 17.1. The number of fused-ring (bicyclic) bond motifs is 6. The highest BCUT2D eigenvalue weighted by Gasteiger charge is 2.46. The summed E-state index contributed by atoms with van der Waals surface area (Å²) in [6.45, 7) is 2.15. The lowest BCUT2D eigenvalue weighted by molar-refractivity contribution is -0.116. The Bertz CT molecular complexity index is 1420. The highest BCUT2D eigenvalue weighted by molar-refractivity contribution is 7.21. The number of methoxy groups -OCH3 is 1. The van der Waals surface area contributed by atoms with Crippen LogP contribution in [0, 0.1) is 11.3 Å². The molecule has 6 aliphatic rings. The summed E-state index contributed by atoms with van der Waals surface area (Å²) in [6.07, 6.45) is 4.36. The fourth-order valence-corrected chi connectivity index (χ4v) is 7.96. The van der Waals surface area contributed by atoms with Crippen LogP contribution in [0.2, 0.25) is 0 Å². The van der Waals surface area contributed by atoms with Gasteiger partial charge >= 0.3 is 0 Å². The van der Waals surface area contributed by atoms with E-state index in [2.05, 4.69) is 15.9 Å². The molecule has 2 N–H and O–H groups in total. The van der Waals surface area contributed by atoms with Crippen molar-refractivity contribution in [3.63, 3.8) is 0 Å². The van der Waals surface area contributed by atoms with Gasteiger partial charge in [0.25, 0.3) is 0 Å². The summed E-state index contributed by atoms with van der Waals surface area (Å²) in [6, 6.07) is 10.1. The number of piperidine rings is 1. The Morgan fingerprint density at radius 2 is 1.94 bits per heavy atom. The molecule has 1 aromatic heterocycles. The van der Waals surface area contributed by atoms with Crippen LogP contribution in [-0.2, 0) is 4.79 Å². The SMILES string of the molecule is COc1ccc([C@H]2C(C#N)=C3N=C(N)c4c(sc5c4C4CCN5CC4)N3C3=C2C(=O)CCC3)cc1. The number of aliphatic imine (C=N–C) groups is 1. The van der Waals surface area contributed by atoms with Gasteiger partial charge in [-0.2, -0.15) is 5.26 Å². The molecule has 1 saturated heterocycles. The van der Waals surface area contributed by atoms with Crippen LogP contribution in [0.1, 0.15) is 60.6 Å². The first-order valence-electron chi connectivity index (χ1n) is 12.2. The second-order valence-electron chi connectivity index (χ2n) is 9.79. The number of anilines is 2. The van der Waals surface area contributed by atoms with Crippen molar-refractivity contribution in [2.75, 3.05) is 30.0 Å². The molecule has 2 bridgehead atoms. The minimum absolute atomic E-state index is 0.119. The van der Waals surface area contributed by atoms with Crippen molar-refractivity contribution in [1.82, 2.24) is 0 Å². The topological polar surface area (TPSA) is 94.9 Å². The lowest BCUT2D eigenvalue weighted by Gasteiger charge is -2.41. The van der Waals surface area contributed by atoms with Gasteiger partial charge in [-0.1, -0.05) is 23.5 Å². The second-order valence-corrected chi connectivity index (χ2v) is 10.8. The number of nitrogens with zero attached hydrogens (tertiary/aromatic N) is 4. The molecular weight excluding hydrogens is 458 g/mol. The smallest absolute Gasteiger partial charge is 0.161 e. The summed E-state index contributed by atoms with van der Waals surface area (Å²) < 4.78 is 5.33. The van der Waals surface area contributed by atoms with Gasteiger partial charge in [-0.15, -0.1) is 0 Å². The summed E-state index contributed by atoms with van der Waals surface area (Å²) in [5.74, 6) is 1.97. The van der Waals surface area contributed by atoms with Crippen LogP contribution in [-0.4, -0.2) is 31.8 Å². The molecular formula is C27H25N5O2S. The van der Waals surface area contributed by atoms with Crippen molar-refractivity contribution in [2.24, 2.45) is 10.7 Å². The molecule has 8 rings (SSSR count). The number of nitrogens with two attached hydrogens (primary N) is 1. The van der Waals surface area contributed by atoms with Gasteiger partial charge in [0, 0.05) is 36.3 Å². The third-order valence-electron chi connectivity index (χ3n) is 8.08. The monoisotopic (exact) mass is 483 g/mol. The summed E-state index contributed by atoms with van der Waals surface area (Å²) in [5.41, 5.74) is 12.1. The molecule has 1 aliphatic carbocycles. The van der Waals surface area contributed by atoms with E-state index in [1.54, 1.807) is 18.4 Å². The predicted molar refractivity (Wildman–Crippen MR) is 136 cm³/mol. The maximum Gasteiger partial charge on any atom is 0.161 e. The molecule has 6 heterocycles. The molecule has 1 atom stereocenters. The van der Waals surface area contributed by atoms with E-state index in [9.17, 15) is 10.1 Å². The Morgan fingerprint density at radius 1 is 1.17 bits per heavy atom. The number of carbonyl (C=O) groups excluding carboxylic acids is 1. The number of Topliss-reactive ketones (excluding diaryl/α,β-unsaturated/α-hetero) is 1. The van der Waals surface area contributed by atoms with E-state index in [1.165, 1.54) is 10.6 Å². The molecule has 5 aliphatic heterocycles. The number of rotatable bonds is 2. The van der Waals surface area contributed by atoms with Crippen LogP contribution in [0.4, 0.5) is 10.0 Å². The number of carbonyl (C=O) groups is 1. The minimum Gasteiger partial charge on any atom is -0.497 e. The first-order valence-corrected chi connectivity index (χ1v) is 13.0. The quantitative estimate of drug-likeness (QED) is 0.675. The molecule has 8 heteroatoms. The number of allylic oxidation sites excluding steroid dienone is 3. The van der Waals surface area contributed by atoms with E-state index < -0.39 is 5.92 Å². The van der Waals surface area contributed by atoms with Gasteiger partial charge in [0.15, 0.2) is 11.6 Å². The number of ketones is 1. The predicted octanol–water partition coefficient (Wildman–Crippen LogP) is 4.52. The molecule has 0 unspecified atom stereocenters. The number of amidine groups is 1. The molecule has 176 valence electrons. The number of thiophene rings is 1. The Morgan fingerprint density at radius 3 is 2.66 bits per heavy atom. The number of ether oxygens (including phenoxy) is 1. The minimum atomic E-state index is -0.451. The molecule has 7 nitrogen and oxygen atoms in total. The number of hydrogen-bond donors (Lipinski definition) is 1. The van der Waals surface area contributed by atoms with Gasteiger partial charge in [0.2, 0.25) is 0 Å². The van der Waals surface area contributed by atoms with Crippen molar-refractivity contribution < 1.29 is 9.53 Å². The van der Waals surface area contributed by atoms with E-state index in [0.717, 1.165) is 71.9 Å². The van der Waals surface area contributed by atoms with Crippen LogP contribution < -0.4 is 20.3 Å². The van der Waals surface area contributed by atoms with Crippen LogP contribution in [0.3, 0.4) is 0 Å². The Labute approximate surface area is 207 Å². The maximum absolute atomic E-state index is 13.4. The van der Waals surface area contributed by atoms with Crippen molar-refractivity contribution >= 4 is 33.0 Å². The zero-order valence-electron chi connectivity index (χ0n) is 19.5. The van der Waals surface area contributed by atoms with Gasteiger partial charge in [0.1, 0.15) is 16.6 Å². The average molecular weight is 484 g/mol. The van der Waals surface area contributed by atoms with Crippen molar-refractivity contribution in [1.29, 1.82) is 5.26 Å². The van der Waals surface area contributed by atoms with E-state index >= 15 is 0 Å². The molecule has 1 fully saturated rings. The molecule has 35 heavy (non-hydrogen) atoms. The van der Waals surface area contributed by atoms with Crippen LogP contribution in [0.15, 0.2) is 51.9 Å². The normalized spacial score (nSPS) is 22.9. The fourth-order valence-electron chi connectivity index (χ4n) is 6.48. The highest BCUT2D eigenvalue weighted by atomic mass is 32.1. The third kappa shape index (κ3) is 2.76. The van der Waals surface area contributed by atoms with Crippen molar-refractivity contribution in [2.45, 2.75) is 43.9 Å². The third-order valence-corrected chi connectivity index (χ3v) is 9.33. The second kappa shape index (κ2) is 7.46. The number of nitriles is 1. The Hall–Kier alpha value is -3.57. The van der Waals surface area contributed by atoms with E-state index in [1.807, 2.05) is 24.3 Å². The molecule has 0 saturated carbocycles. The van der Waals surface area contributed by atoms with Gasteiger partial charge < -0.3 is 15.4 Å². The van der Waals surface area contributed by atoms with Crippen LogP contribution in [0.5, 0.6) is 5.75 Å². The standard InChI is InChI=1S/C27H25N5O2S/c1-34-16-7-5-14(6-8-16)20-17(13-28)25-30-24(29)23-21-15-9-11-31(12-10-15)26(21)35-27(23)32(25)18-3-2-4-19(33)22(18)20/h5-8,15,20H,2-4,9-12H2,1H3,(H2,29,30)/t20-/m0/s1. The molecule has 2 aromatic rings. The summed E-state index contributed by atoms with van der Waals surface area (Å²) >= 11 is 1.75. The zero-order valence-corrected chi connectivity index (χ0v) is 20.3. The lowest BCUT2D eigenvalue weighted by Crippen LogP contribution is -2.40.